The fourth-order valence-electron chi connectivity index (χ4n) is 3.85. The van der Waals surface area contributed by atoms with Crippen LogP contribution in [-0.4, -0.2) is 33.9 Å². The fourth-order valence-corrected chi connectivity index (χ4v) is 4.39. The van der Waals surface area contributed by atoms with Crippen LogP contribution in [0.1, 0.15) is 33.1 Å². The first kappa shape index (κ1) is 20.5. The van der Waals surface area contributed by atoms with E-state index in [1.165, 1.54) is 0 Å². The van der Waals surface area contributed by atoms with Crippen LogP contribution in [0.3, 0.4) is 0 Å². The van der Waals surface area contributed by atoms with Crippen molar-refractivity contribution in [2.24, 2.45) is 7.05 Å². The van der Waals surface area contributed by atoms with Crippen LogP contribution < -0.4 is 10.6 Å². The number of carbonyl (C=O) groups excluding carboxylic acids is 2. The van der Waals surface area contributed by atoms with Crippen molar-refractivity contribution in [1.82, 2.24) is 15.1 Å². The lowest BCUT2D eigenvalue weighted by molar-refractivity contribution is -0.118. The van der Waals surface area contributed by atoms with Crippen LogP contribution >= 0.6 is 23.4 Å². The maximum Gasteiger partial charge on any atom is 0.251 e. The van der Waals surface area contributed by atoms with Crippen molar-refractivity contribution in [3.8, 4) is 0 Å². The highest BCUT2D eigenvalue weighted by molar-refractivity contribution is 7.98. The van der Waals surface area contributed by atoms with Gasteiger partial charge in [0.05, 0.1) is 5.69 Å². The first-order valence-corrected chi connectivity index (χ1v) is 11.0. The molecule has 0 aliphatic carbocycles. The summed E-state index contributed by atoms with van der Waals surface area (Å²) in [5, 5.41) is 10.9. The normalized spacial score (nSPS) is 17.9. The number of thioether (sulfide) groups is 1. The number of aromatic nitrogens is 2. The van der Waals surface area contributed by atoms with Crippen molar-refractivity contribution in [3.63, 3.8) is 0 Å². The number of aryl methyl sites for hydroxylation is 2. The average Bonchev–Trinajstić information content (AvgIpc) is 3.02. The Balaban J connectivity index is 1.76. The molecule has 0 bridgehead atoms. The standard InChI is InChI=1S/C22H21ClN4O2S/c1-12-17-18(13-6-10-16(30-3)11-7-13)19(22(29)25-20(17)27(2)26-12)24-21(28)14-4-8-15(23)9-5-14/h4-11,18-19H,1-3H3,(H,24,28)(H,25,29)/t18-,19+/m1/s1. The second-order valence-electron chi connectivity index (χ2n) is 7.17. The zero-order valence-electron chi connectivity index (χ0n) is 16.8. The Morgan fingerprint density at radius 3 is 2.47 bits per heavy atom. The van der Waals surface area contributed by atoms with E-state index in [9.17, 15) is 9.59 Å². The van der Waals surface area contributed by atoms with E-state index in [1.54, 1.807) is 47.8 Å². The molecule has 30 heavy (non-hydrogen) atoms. The van der Waals surface area contributed by atoms with Gasteiger partial charge in [0.1, 0.15) is 11.9 Å². The van der Waals surface area contributed by atoms with E-state index in [0.29, 0.717) is 16.4 Å². The number of benzene rings is 2. The van der Waals surface area contributed by atoms with Gasteiger partial charge in [-0.15, -0.1) is 11.8 Å². The summed E-state index contributed by atoms with van der Waals surface area (Å²) in [6.45, 7) is 1.91. The number of amides is 2. The Hall–Kier alpha value is -2.77. The van der Waals surface area contributed by atoms with E-state index < -0.39 is 6.04 Å². The molecule has 154 valence electrons. The molecule has 0 radical (unpaired) electrons. The van der Waals surface area contributed by atoms with Gasteiger partial charge in [0.25, 0.3) is 5.91 Å². The first-order chi connectivity index (χ1) is 14.4. The highest BCUT2D eigenvalue weighted by Crippen LogP contribution is 2.39. The lowest BCUT2D eigenvalue weighted by Crippen LogP contribution is -2.50. The van der Waals surface area contributed by atoms with Gasteiger partial charge in [-0.2, -0.15) is 5.10 Å². The minimum atomic E-state index is -0.774. The van der Waals surface area contributed by atoms with Crippen LogP contribution in [-0.2, 0) is 11.8 Å². The summed E-state index contributed by atoms with van der Waals surface area (Å²) in [6, 6.07) is 13.9. The lowest BCUT2D eigenvalue weighted by Gasteiger charge is -2.32. The smallest absolute Gasteiger partial charge is 0.251 e. The highest BCUT2D eigenvalue weighted by atomic mass is 35.5. The summed E-state index contributed by atoms with van der Waals surface area (Å²) in [4.78, 5) is 27.1. The van der Waals surface area contributed by atoms with Crippen LogP contribution in [0.5, 0.6) is 0 Å². The van der Waals surface area contributed by atoms with Gasteiger partial charge in [-0.1, -0.05) is 23.7 Å². The van der Waals surface area contributed by atoms with Gasteiger partial charge in [0, 0.05) is 34.0 Å². The van der Waals surface area contributed by atoms with Gasteiger partial charge in [-0.05, 0) is 55.1 Å². The van der Waals surface area contributed by atoms with E-state index in [-0.39, 0.29) is 17.7 Å². The number of halogens is 1. The number of nitrogens with zero attached hydrogens (tertiary/aromatic N) is 2. The molecule has 2 atom stereocenters. The lowest BCUT2D eigenvalue weighted by atomic mass is 9.82. The number of hydrogen-bond acceptors (Lipinski definition) is 4. The predicted molar refractivity (Wildman–Crippen MR) is 119 cm³/mol. The van der Waals surface area contributed by atoms with Gasteiger partial charge in [-0.3, -0.25) is 14.3 Å². The van der Waals surface area contributed by atoms with Crippen molar-refractivity contribution in [3.05, 3.63) is 75.9 Å². The summed E-state index contributed by atoms with van der Waals surface area (Å²) in [5.41, 5.74) is 3.12. The average molecular weight is 441 g/mol. The molecular weight excluding hydrogens is 420 g/mol. The molecule has 6 nitrogen and oxygen atoms in total. The molecule has 2 heterocycles. The summed E-state index contributed by atoms with van der Waals surface area (Å²) >= 11 is 7.58. The summed E-state index contributed by atoms with van der Waals surface area (Å²) in [7, 11) is 1.80. The number of nitrogens with one attached hydrogen (secondary N) is 2. The van der Waals surface area contributed by atoms with Crippen LogP contribution in [0.15, 0.2) is 53.4 Å². The zero-order chi connectivity index (χ0) is 21.4. The summed E-state index contributed by atoms with van der Waals surface area (Å²) in [6.07, 6.45) is 2.02. The molecule has 8 heteroatoms. The van der Waals surface area contributed by atoms with E-state index in [2.05, 4.69) is 15.7 Å². The maximum absolute atomic E-state index is 13.1. The molecule has 1 aliphatic heterocycles. The minimum Gasteiger partial charge on any atom is -0.339 e. The number of fused-ring (bicyclic) bond motifs is 1. The summed E-state index contributed by atoms with van der Waals surface area (Å²) in [5.74, 6) is -0.294. The number of carbonyl (C=O) groups is 2. The molecule has 0 saturated carbocycles. The first-order valence-electron chi connectivity index (χ1n) is 9.43. The van der Waals surface area contributed by atoms with Gasteiger partial charge in [0.2, 0.25) is 5.91 Å². The topological polar surface area (TPSA) is 76.0 Å². The van der Waals surface area contributed by atoms with E-state index in [0.717, 1.165) is 21.7 Å². The predicted octanol–water partition coefficient (Wildman–Crippen LogP) is 3.99. The van der Waals surface area contributed by atoms with Gasteiger partial charge in [0.15, 0.2) is 0 Å². The Morgan fingerprint density at radius 1 is 1.17 bits per heavy atom. The number of anilines is 1. The number of hydrogen-bond donors (Lipinski definition) is 2. The summed E-state index contributed by atoms with van der Waals surface area (Å²) < 4.78 is 1.67. The largest absolute Gasteiger partial charge is 0.339 e. The molecule has 4 rings (SSSR count). The van der Waals surface area contributed by atoms with Crippen LogP contribution in [0.4, 0.5) is 5.82 Å². The van der Waals surface area contributed by atoms with Crippen molar-refractivity contribution in [2.75, 3.05) is 11.6 Å². The molecule has 2 N–H and O–H groups in total. The molecule has 0 saturated heterocycles. The molecule has 0 spiro atoms. The van der Waals surface area contributed by atoms with Crippen LogP contribution in [0, 0.1) is 6.92 Å². The fraction of sp³-hybridized carbons (Fsp3) is 0.227. The van der Waals surface area contributed by atoms with E-state index in [4.69, 9.17) is 11.6 Å². The minimum absolute atomic E-state index is 0.272. The van der Waals surface area contributed by atoms with Gasteiger partial charge >= 0.3 is 0 Å². The monoisotopic (exact) mass is 440 g/mol. The Morgan fingerprint density at radius 2 is 1.83 bits per heavy atom. The van der Waals surface area contributed by atoms with E-state index >= 15 is 0 Å². The third-order valence-electron chi connectivity index (χ3n) is 5.30. The van der Waals surface area contributed by atoms with Gasteiger partial charge in [-0.25, -0.2) is 0 Å². The Bertz CT molecular complexity index is 1110. The quantitative estimate of drug-likeness (QED) is 0.601. The van der Waals surface area contributed by atoms with Crippen molar-refractivity contribution in [2.45, 2.75) is 23.8 Å². The van der Waals surface area contributed by atoms with Gasteiger partial charge < -0.3 is 10.6 Å². The Labute approximate surface area is 184 Å². The molecule has 3 aromatic rings. The van der Waals surface area contributed by atoms with Crippen molar-refractivity contribution >= 4 is 41.0 Å². The molecule has 1 aliphatic rings. The molecular formula is C22H21ClN4O2S. The second-order valence-corrected chi connectivity index (χ2v) is 8.49. The second kappa shape index (κ2) is 8.16. The molecule has 0 unspecified atom stereocenters. The third-order valence-corrected chi connectivity index (χ3v) is 6.30. The third kappa shape index (κ3) is 3.70. The van der Waals surface area contributed by atoms with E-state index in [1.807, 2.05) is 37.4 Å². The highest BCUT2D eigenvalue weighted by Gasteiger charge is 2.41. The maximum atomic E-state index is 13.1. The van der Waals surface area contributed by atoms with Crippen LogP contribution in [0.25, 0.3) is 0 Å². The molecule has 1 aromatic heterocycles. The molecule has 2 aromatic carbocycles. The molecule has 2 amide bonds. The SMILES string of the molecule is CSc1ccc([C@@H]2c3c(C)nn(C)c3NC(=O)[C@H]2NC(=O)c2ccc(Cl)cc2)cc1. The molecule has 0 fully saturated rings. The number of rotatable bonds is 4. The van der Waals surface area contributed by atoms with Crippen molar-refractivity contribution < 1.29 is 9.59 Å². The Kier molecular flexibility index (Phi) is 5.58. The zero-order valence-corrected chi connectivity index (χ0v) is 18.3. The van der Waals surface area contributed by atoms with Crippen molar-refractivity contribution in [1.29, 1.82) is 0 Å². The van der Waals surface area contributed by atoms with Crippen LogP contribution in [0.2, 0.25) is 5.02 Å².